The van der Waals surface area contributed by atoms with E-state index in [0.29, 0.717) is 19.5 Å². The molecule has 1 unspecified atom stereocenters. The maximum Gasteiger partial charge on any atom is 0.490 e. The van der Waals surface area contributed by atoms with E-state index >= 15 is 0 Å². The van der Waals surface area contributed by atoms with Crippen molar-refractivity contribution >= 4 is 17.8 Å². The van der Waals surface area contributed by atoms with Crippen molar-refractivity contribution in [1.82, 2.24) is 4.90 Å². The largest absolute Gasteiger partial charge is 0.490 e. The van der Waals surface area contributed by atoms with Gasteiger partial charge >= 0.3 is 18.1 Å². The van der Waals surface area contributed by atoms with Crippen molar-refractivity contribution in [3.05, 3.63) is 35.4 Å². The Kier molecular flexibility index (Phi) is 6.09. The second-order valence-corrected chi connectivity index (χ2v) is 6.32. The molecule has 1 aliphatic carbocycles. The highest BCUT2D eigenvalue weighted by atomic mass is 19.4. The number of rotatable bonds is 3. The average Bonchev–Trinajstić information content (AvgIpc) is 3.40. The first-order valence-electron chi connectivity index (χ1n) is 8.19. The number of aliphatic carboxylic acids is 2. The number of halogens is 3. The van der Waals surface area contributed by atoms with Gasteiger partial charge in [0.25, 0.3) is 0 Å². The van der Waals surface area contributed by atoms with Gasteiger partial charge < -0.3 is 20.8 Å². The van der Waals surface area contributed by atoms with Gasteiger partial charge in [-0.15, -0.1) is 0 Å². The van der Waals surface area contributed by atoms with Gasteiger partial charge in [-0.05, 0) is 24.0 Å². The molecule has 1 aromatic carbocycles. The summed E-state index contributed by atoms with van der Waals surface area (Å²) < 4.78 is 31.7. The number of amides is 1. The Labute approximate surface area is 152 Å². The second kappa shape index (κ2) is 7.95. The Balaban J connectivity index is 0.000000321. The quantitative estimate of drug-likeness (QED) is 0.720. The summed E-state index contributed by atoms with van der Waals surface area (Å²) in [4.78, 5) is 34.0. The first-order chi connectivity index (χ1) is 12.6. The third-order valence-electron chi connectivity index (χ3n) is 4.59. The van der Waals surface area contributed by atoms with Crippen LogP contribution in [0.1, 0.15) is 23.6 Å². The summed E-state index contributed by atoms with van der Waals surface area (Å²) in [6, 6.07) is 7.89. The molecule has 1 fully saturated rings. The maximum atomic E-state index is 12.5. The minimum Gasteiger partial charge on any atom is -0.481 e. The smallest absolute Gasteiger partial charge is 0.481 e. The van der Waals surface area contributed by atoms with Gasteiger partial charge in [0.15, 0.2) is 0 Å². The van der Waals surface area contributed by atoms with Gasteiger partial charge in [0.1, 0.15) is 0 Å². The average molecular weight is 388 g/mol. The summed E-state index contributed by atoms with van der Waals surface area (Å²) in [5.41, 5.74) is 8.18. The molecule has 0 radical (unpaired) electrons. The Morgan fingerprint density at radius 3 is 2.22 bits per heavy atom. The molecule has 1 saturated carbocycles. The Morgan fingerprint density at radius 2 is 1.74 bits per heavy atom. The van der Waals surface area contributed by atoms with Crippen molar-refractivity contribution in [3.63, 3.8) is 0 Å². The van der Waals surface area contributed by atoms with Crippen molar-refractivity contribution < 1.29 is 37.8 Å². The zero-order valence-electron chi connectivity index (χ0n) is 14.1. The number of nitrogens with zero attached hydrogens (tertiary/aromatic N) is 1. The summed E-state index contributed by atoms with van der Waals surface area (Å²) in [6.07, 6.45) is -3.81. The highest BCUT2D eigenvalue weighted by Crippen LogP contribution is 2.42. The predicted molar refractivity (Wildman–Crippen MR) is 86.6 cm³/mol. The fourth-order valence-corrected chi connectivity index (χ4v) is 3.12. The van der Waals surface area contributed by atoms with E-state index in [9.17, 15) is 22.8 Å². The van der Waals surface area contributed by atoms with E-state index < -0.39 is 24.0 Å². The van der Waals surface area contributed by atoms with Crippen LogP contribution in [0.3, 0.4) is 0 Å². The molecule has 3 atom stereocenters. The Hall–Kier alpha value is -2.62. The molecule has 0 bridgehead atoms. The van der Waals surface area contributed by atoms with Gasteiger partial charge in [0.05, 0.1) is 17.9 Å². The van der Waals surface area contributed by atoms with Crippen LogP contribution in [0.5, 0.6) is 0 Å². The molecule has 1 heterocycles. The number of benzene rings is 1. The van der Waals surface area contributed by atoms with Crippen molar-refractivity contribution in [1.29, 1.82) is 0 Å². The van der Waals surface area contributed by atoms with Gasteiger partial charge in [-0.3, -0.25) is 9.59 Å². The second-order valence-electron chi connectivity index (χ2n) is 6.32. The molecule has 1 aromatic rings. The summed E-state index contributed by atoms with van der Waals surface area (Å²) >= 11 is 0. The lowest BCUT2D eigenvalue weighted by molar-refractivity contribution is -0.192. The molecule has 1 aliphatic heterocycles. The topological polar surface area (TPSA) is 121 Å². The number of alkyl halides is 3. The fourth-order valence-electron chi connectivity index (χ4n) is 3.12. The summed E-state index contributed by atoms with van der Waals surface area (Å²) in [5.74, 6) is -4.54. The van der Waals surface area contributed by atoms with E-state index in [4.69, 9.17) is 20.7 Å². The Morgan fingerprint density at radius 1 is 1.15 bits per heavy atom. The third-order valence-corrected chi connectivity index (χ3v) is 4.59. The summed E-state index contributed by atoms with van der Waals surface area (Å²) in [6.45, 7) is 0.994. The van der Waals surface area contributed by atoms with Crippen molar-refractivity contribution in [2.45, 2.75) is 25.1 Å². The zero-order chi connectivity index (χ0) is 20.4. The number of carbonyl (C=O) groups is 3. The molecule has 3 rings (SSSR count). The van der Waals surface area contributed by atoms with E-state index in [2.05, 4.69) is 6.07 Å². The number of carbonyl (C=O) groups excluding carboxylic acids is 1. The number of hydrogen-bond donors (Lipinski definition) is 3. The summed E-state index contributed by atoms with van der Waals surface area (Å²) in [7, 11) is 0. The van der Waals surface area contributed by atoms with Crippen molar-refractivity contribution in [2.24, 2.45) is 17.6 Å². The lowest BCUT2D eigenvalue weighted by atomic mass is 9.92. The number of nitrogens with two attached hydrogens (primary N) is 1. The minimum atomic E-state index is -5.08. The highest BCUT2D eigenvalue weighted by Gasteiger charge is 2.51. The molecule has 10 heteroatoms. The fraction of sp³-hybridized carbons (Fsp3) is 0.471. The normalized spacial score (nSPS) is 23.6. The molecule has 0 aromatic heterocycles. The van der Waals surface area contributed by atoms with Gasteiger partial charge in [0, 0.05) is 13.1 Å². The van der Waals surface area contributed by atoms with Crippen LogP contribution in [0.4, 0.5) is 13.2 Å². The van der Waals surface area contributed by atoms with Crippen molar-refractivity contribution in [3.8, 4) is 0 Å². The van der Waals surface area contributed by atoms with Crippen molar-refractivity contribution in [2.75, 3.05) is 13.1 Å². The van der Waals surface area contributed by atoms with Crippen LogP contribution in [0.25, 0.3) is 0 Å². The first kappa shape index (κ1) is 20.7. The van der Waals surface area contributed by atoms with Gasteiger partial charge in [-0.2, -0.15) is 13.2 Å². The predicted octanol–water partition coefficient (Wildman–Crippen LogP) is 1.43. The number of fused-ring (bicyclic) bond motifs is 1. The molecule has 4 N–H and O–H groups in total. The van der Waals surface area contributed by atoms with Gasteiger partial charge in [-0.25, -0.2) is 4.79 Å². The third kappa shape index (κ3) is 4.76. The van der Waals surface area contributed by atoms with Gasteiger partial charge in [0.2, 0.25) is 5.91 Å². The summed E-state index contributed by atoms with van der Waals surface area (Å²) in [5, 5.41) is 16.1. The molecule has 2 aliphatic rings. The van der Waals surface area contributed by atoms with Crippen LogP contribution >= 0.6 is 0 Å². The number of hydrogen-bond acceptors (Lipinski definition) is 4. The first-order valence-corrected chi connectivity index (χ1v) is 8.19. The lowest BCUT2D eigenvalue weighted by Gasteiger charge is -2.37. The van der Waals surface area contributed by atoms with Crippen LogP contribution in [0.2, 0.25) is 0 Å². The van der Waals surface area contributed by atoms with Crippen LogP contribution in [0.15, 0.2) is 24.3 Å². The van der Waals surface area contributed by atoms with E-state index in [0.717, 1.165) is 12.0 Å². The monoisotopic (exact) mass is 388 g/mol. The van der Waals surface area contributed by atoms with E-state index in [1.807, 2.05) is 18.2 Å². The molecule has 7 nitrogen and oxygen atoms in total. The lowest BCUT2D eigenvalue weighted by Crippen LogP contribution is -2.44. The van der Waals surface area contributed by atoms with Crippen LogP contribution in [-0.4, -0.2) is 52.2 Å². The molecular formula is C17H19F3N2O5. The van der Waals surface area contributed by atoms with E-state index in [1.54, 1.807) is 4.90 Å². The standard InChI is InChI=1S/C15H18N2O3.C2HF3O2/c16-8-13-10-4-2-1-3-9(10)5-6-17(13)14(18)11-7-12(11)15(19)20;3-2(4,5)1(6)7/h1-4,11-13H,5-8,16H2,(H,19,20);(H,6,7)/t11-,12-,13?;/m1./s1. The van der Waals surface area contributed by atoms with Gasteiger partial charge in [-0.1, -0.05) is 24.3 Å². The zero-order valence-corrected chi connectivity index (χ0v) is 14.1. The van der Waals surface area contributed by atoms with Crippen LogP contribution in [0, 0.1) is 11.8 Å². The van der Waals surface area contributed by atoms with E-state index in [-0.39, 0.29) is 17.9 Å². The molecule has 148 valence electrons. The molecular weight excluding hydrogens is 369 g/mol. The molecule has 1 amide bonds. The SMILES string of the molecule is NCC1c2ccccc2CCN1C(=O)[C@@H]1C[C@H]1C(=O)O.O=C(O)C(F)(F)F. The van der Waals surface area contributed by atoms with Crippen LogP contribution in [-0.2, 0) is 20.8 Å². The molecule has 0 spiro atoms. The Bertz CT molecular complexity index is 738. The maximum absolute atomic E-state index is 12.5. The minimum absolute atomic E-state index is 0.0534. The molecule has 0 saturated heterocycles. The molecule has 27 heavy (non-hydrogen) atoms. The van der Waals surface area contributed by atoms with E-state index in [1.165, 1.54) is 5.56 Å². The van der Waals surface area contributed by atoms with Crippen LogP contribution < -0.4 is 5.73 Å². The number of carboxylic acids is 2. The number of carboxylic acid groups (broad SMARTS) is 2. The highest BCUT2D eigenvalue weighted by molar-refractivity contribution is 5.90.